The highest BCUT2D eigenvalue weighted by atomic mass is 28.4. The number of nitrogens with one attached hydrogen (secondary N) is 1. The maximum atomic E-state index is 13.0. The minimum Gasteiger partial charge on any atom is -0.523 e. The normalized spacial score (nSPS) is 21.2. The maximum absolute atomic E-state index is 13.0. The summed E-state index contributed by atoms with van der Waals surface area (Å²) in [5, 5.41) is 14.6. The van der Waals surface area contributed by atoms with Crippen LogP contribution in [0.15, 0.2) is 43.0 Å². The Morgan fingerprint density at radius 1 is 0.958 bits per heavy atom. The molecule has 3 aromatic rings. The molecule has 3 heterocycles. The number of aliphatic hydroxyl groups is 1. The third kappa shape index (κ3) is 7.91. The molecule has 2 aromatic heterocycles. The number of aromatic nitrogens is 4. The van der Waals surface area contributed by atoms with Crippen LogP contribution in [0.1, 0.15) is 99.7 Å². The number of amides is 1. The second-order valence-corrected chi connectivity index (χ2v) is 21.4. The summed E-state index contributed by atoms with van der Waals surface area (Å²) < 4.78 is 28.7. The lowest BCUT2D eigenvalue weighted by molar-refractivity contribution is -0.153. The van der Waals surface area contributed by atoms with E-state index in [1.54, 1.807) is 35.2 Å². The highest BCUT2D eigenvalue weighted by Gasteiger charge is 2.55. The Bertz CT molecular complexity index is 1550. The van der Waals surface area contributed by atoms with Crippen LogP contribution in [-0.2, 0) is 18.6 Å². The third-order valence-corrected chi connectivity index (χ3v) is 15.4. The van der Waals surface area contributed by atoms with Crippen molar-refractivity contribution in [2.75, 3.05) is 5.32 Å². The predicted molar refractivity (Wildman–Crippen MR) is 191 cm³/mol. The van der Waals surface area contributed by atoms with Crippen LogP contribution in [0.2, 0.25) is 16.6 Å². The molecular weight excluding hydrogens is 643 g/mol. The van der Waals surface area contributed by atoms with Crippen molar-refractivity contribution >= 4 is 46.6 Å². The van der Waals surface area contributed by atoms with Gasteiger partial charge in [-0.3, -0.25) is 9.36 Å². The first kappa shape index (κ1) is 37.8. The van der Waals surface area contributed by atoms with Gasteiger partial charge >= 0.3 is 0 Å². The fourth-order valence-corrected chi connectivity index (χ4v) is 12.6. The Morgan fingerprint density at radius 2 is 1.56 bits per heavy atom. The molecule has 1 aliphatic rings. The summed E-state index contributed by atoms with van der Waals surface area (Å²) in [5.41, 5.74) is 1.30. The van der Waals surface area contributed by atoms with Crippen LogP contribution in [0, 0.1) is 5.41 Å². The van der Waals surface area contributed by atoms with Gasteiger partial charge in [-0.15, -0.1) is 0 Å². The molecule has 1 aromatic carbocycles. The molecule has 2 radical (unpaired) electrons. The Morgan fingerprint density at radius 3 is 2.10 bits per heavy atom. The van der Waals surface area contributed by atoms with E-state index in [2.05, 4.69) is 71.7 Å². The molecular formula is C35H53N5O6Si2. The average Bonchev–Trinajstić information content (AvgIpc) is 3.56. The van der Waals surface area contributed by atoms with Crippen molar-refractivity contribution in [3.63, 3.8) is 0 Å². The SMILES string of the molecule is CC(C)[Si](OC(=[Si])O[C@@H]1[C@H](OC(C)(C)C)[C@@H](C(O)C(C)(C)C)O[C@H]1n1cnc2c(NC(=O)c3ccccc3)ncnc21)(C(C)C)C(C)C. The summed E-state index contributed by atoms with van der Waals surface area (Å²) >= 11 is 0. The van der Waals surface area contributed by atoms with Gasteiger partial charge in [0.2, 0.25) is 5.54 Å². The number of fused-ring (bicyclic) bond motifs is 1. The van der Waals surface area contributed by atoms with E-state index in [0.717, 1.165) is 0 Å². The minimum absolute atomic E-state index is 0.250. The second-order valence-electron chi connectivity index (χ2n) is 15.7. The number of benzene rings is 1. The Balaban J connectivity index is 1.79. The Kier molecular flexibility index (Phi) is 11.4. The van der Waals surface area contributed by atoms with Gasteiger partial charge in [0, 0.05) is 5.56 Å². The Hall–Kier alpha value is -2.98. The lowest BCUT2D eigenvalue weighted by Crippen LogP contribution is -2.52. The van der Waals surface area contributed by atoms with Gasteiger partial charge in [-0.05, 0) is 54.9 Å². The molecule has 5 atom stereocenters. The smallest absolute Gasteiger partial charge is 0.262 e. The van der Waals surface area contributed by atoms with Crippen LogP contribution in [0.25, 0.3) is 11.2 Å². The van der Waals surface area contributed by atoms with Crippen molar-refractivity contribution in [3.05, 3.63) is 48.5 Å². The van der Waals surface area contributed by atoms with E-state index in [0.29, 0.717) is 33.4 Å². The predicted octanol–water partition coefficient (Wildman–Crippen LogP) is 6.40. The number of anilines is 1. The molecule has 1 aliphatic heterocycles. The number of ether oxygens (including phenoxy) is 3. The van der Waals surface area contributed by atoms with E-state index in [9.17, 15) is 9.90 Å². The van der Waals surface area contributed by atoms with Crippen LogP contribution >= 0.6 is 0 Å². The molecule has 4 rings (SSSR count). The third-order valence-electron chi connectivity index (χ3n) is 9.03. The molecule has 0 aliphatic carbocycles. The molecule has 13 heteroatoms. The van der Waals surface area contributed by atoms with Crippen molar-refractivity contribution in [3.8, 4) is 0 Å². The second kappa shape index (κ2) is 14.5. The molecule has 48 heavy (non-hydrogen) atoms. The van der Waals surface area contributed by atoms with Crippen molar-refractivity contribution < 1.29 is 28.5 Å². The highest BCUT2D eigenvalue weighted by molar-refractivity contribution is 6.79. The highest BCUT2D eigenvalue weighted by Crippen LogP contribution is 2.45. The lowest BCUT2D eigenvalue weighted by atomic mass is 9.83. The van der Waals surface area contributed by atoms with Crippen molar-refractivity contribution in [1.82, 2.24) is 19.5 Å². The molecule has 0 bridgehead atoms. The van der Waals surface area contributed by atoms with Gasteiger partial charge in [-0.2, -0.15) is 0 Å². The summed E-state index contributed by atoms with van der Waals surface area (Å²) in [6, 6.07) is 8.89. The van der Waals surface area contributed by atoms with E-state index >= 15 is 0 Å². The van der Waals surface area contributed by atoms with E-state index < -0.39 is 50.0 Å². The molecule has 0 saturated carbocycles. The van der Waals surface area contributed by atoms with Crippen molar-refractivity contribution in [2.45, 2.75) is 136 Å². The number of nitrogens with zero attached hydrogens (tertiary/aromatic N) is 4. The molecule has 1 fully saturated rings. The lowest BCUT2D eigenvalue weighted by Gasteiger charge is -2.43. The van der Waals surface area contributed by atoms with Gasteiger partial charge in [0.1, 0.15) is 28.4 Å². The number of carbonyl (C=O) groups excluding carboxylic acids is 1. The summed E-state index contributed by atoms with van der Waals surface area (Å²) in [4.78, 5) is 26.5. The number of hydrogen-bond donors (Lipinski definition) is 2. The van der Waals surface area contributed by atoms with E-state index in [1.165, 1.54) is 6.33 Å². The Labute approximate surface area is 289 Å². The molecule has 1 amide bonds. The summed E-state index contributed by atoms with van der Waals surface area (Å²) in [6.07, 6.45) is -1.11. The molecule has 0 spiro atoms. The largest absolute Gasteiger partial charge is 0.523 e. The fourth-order valence-electron chi connectivity index (χ4n) is 6.86. The molecule has 262 valence electrons. The van der Waals surface area contributed by atoms with E-state index in [-0.39, 0.29) is 17.3 Å². The molecule has 1 unspecified atom stereocenters. The zero-order chi connectivity index (χ0) is 35.8. The van der Waals surface area contributed by atoms with Crippen LogP contribution in [0.5, 0.6) is 0 Å². The van der Waals surface area contributed by atoms with E-state index in [1.807, 2.05) is 47.6 Å². The number of hydrogen-bond acceptors (Lipinski definition) is 9. The first-order valence-electron chi connectivity index (χ1n) is 16.8. The van der Waals surface area contributed by atoms with Gasteiger partial charge in [-0.25, -0.2) is 15.0 Å². The van der Waals surface area contributed by atoms with Gasteiger partial charge in [0.15, 0.2) is 29.3 Å². The zero-order valence-corrected chi connectivity index (χ0v) is 32.4. The van der Waals surface area contributed by atoms with E-state index in [4.69, 9.17) is 18.6 Å². The zero-order valence-electron chi connectivity index (χ0n) is 30.4. The standard InChI is InChI=1S/C35H53N5O6Si2/c1-20(2)48(21(3)4,22(5)6)46-33(47)44-27-25(45-35(10,11)12)26(28(41)34(7,8)9)43-32(27)40-19-38-24-29(36-18-37-30(24)40)39-31(42)23-16-14-13-15-17-23/h13-22,25-28,32,41H,1-12H3,(H,36,37,39,42)/t25-,26+,27-,28?,32-/m1/s1. The summed E-state index contributed by atoms with van der Waals surface area (Å²) in [6.45, 7) is 25.0. The van der Waals surface area contributed by atoms with Crippen LogP contribution in [0.3, 0.4) is 0 Å². The minimum atomic E-state index is -2.40. The van der Waals surface area contributed by atoms with Gasteiger partial charge in [-0.1, -0.05) is 80.5 Å². The topological polar surface area (TPSA) is 130 Å². The first-order chi connectivity index (χ1) is 22.3. The molecule has 2 N–H and O–H groups in total. The number of rotatable bonds is 12. The van der Waals surface area contributed by atoms with Gasteiger partial charge in [0.25, 0.3) is 14.2 Å². The van der Waals surface area contributed by atoms with Gasteiger partial charge in [0.05, 0.1) is 18.0 Å². The number of imidazole rings is 1. The van der Waals surface area contributed by atoms with Crippen LogP contribution in [0.4, 0.5) is 5.82 Å². The van der Waals surface area contributed by atoms with Crippen molar-refractivity contribution in [1.29, 1.82) is 0 Å². The van der Waals surface area contributed by atoms with Crippen LogP contribution in [-0.4, -0.2) is 84.3 Å². The number of carbonyl (C=O) groups is 1. The number of aliphatic hydroxyl groups excluding tert-OH is 1. The summed E-state index contributed by atoms with van der Waals surface area (Å²) in [5.74, 6) is -0.0619. The maximum Gasteiger partial charge on any atom is 0.262 e. The monoisotopic (exact) mass is 695 g/mol. The first-order valence-corrected chi connectivity index (χ1v) is 19.4. The van der Waals surface area contributed by atoms with Gasteiger partial charge < -0.3 is 29.1 Å². The van der Waals surface area contributed by atoms with Crippen LogP contribution < -0.4 is 5.32 Å². The quantitative estimate of drug-likeness (QED) is 0.207. The van der Waals surface area contributed by atoms with Crippen molar-refractivity contribution in [2.24, 2.45) is 5.41 Å². The molecule has 1 saturated heterocycles. The fraction of sp³-hybridized carbons (Fsp3) is 0.629. The molecule has 11 nitrogen and oxygen atoms in total. The summed E-state index contributed by atoms with van der Waals surface area (Å²) in [7, 11) is 1.33. The average molecular weight is 696 g/mol.